The van der Waals surface area contributed by atoms with Gasteiger partial charge in [-0.3, -0.25) is 4.79 Å². The SMILES string of the molecule is CCN1CC(C(C)C)Oc2ccc(CCCC(=O)OC)cc21. The zero-order chi connectivity index (χ0) is 16.1. The van der Waals surface area contributed by atoms with Crippen molar-refractivity contribution in [2.45, 2.75) is 46.1 Å². The second-order valence-corrected chi connectivity index (χ2v) is 6.17. The van der Waals surface area contributed by atoms with E-state index in [1.807, 2.05) is 0 Å². The van der Waals surface area contributed by atoms with E-state index in [4.69, 9.17) is 4.74 Å². The van der Waals surface area contributed by atoms with Crippen LogP contribution in [-0.2, 0) is 16.0 Å². The van der Waals surface area contributed by atoms with Crippen LogP contribution in [0.1, 0.15) is 39.2 Å². The molecule has 4 heteroatoms. The zero-order valence-electron chi connectivity index (χ0n) is 14.1. The van der Waals surface area contributed by atoms with Gasteiger partial charge in [-0.15, -0.1) is 0 Å². The minimum Gasteiger partial charge on any atom is -0.486 e. The summed E-state index contributed by atoms with van der Waals surface area (Å²) in [5.41, 5.74) is 2.42. The zero-order valence-corrected chi connectivity index (χ0v) is 14.1. The largest absolute Gasteiger partial charge is 0.486 e. The van der Waals surface area contributed by atoms with Gasteiger partial charge in [-0.2, -0.15) is 0 Å². The number of rotatable bonds is 6. The molecule has 1 unspecified atom stereocenters. The molecule has 2 rings (SSSR count). The van der Waals surface area contributed by atoms with E-state index in [0.717, 1.165) is 31.7 Å². The summed E-state index contributed by atoms with van der Waals surface area (Å²) in [7, 11) is 1.43. The molecule has 1 aliphatic heterocycles. The van der Waals surface area contributed by atoms with Gasteiger partial charge in [0.05, 0.1) is 19.3 Å². The maximum Gasteiger partial charge on any atom is 0.305 e. The van der Waals surface area contributed by atoms with Gasteiger partial charge in [0.15, 0.2) is 0 Å². The van der Waals surface area contributed by atoms with E-state index in [2.05, 4.69) is 48.6 Å². The number of hydrogen-bond acceptors (Lipinski definition) is 4. The van der Waals surface area contributed by atoms with Crippen LogP contribution < -0.4 is 9.64 Å². The van der Waals surface area contributed by atoms with Crippen molar-refractivity contribution < 1.29 is 14.3 Å². The van der Waals surface area contributed by atoms with Crippen LogP contribution in [0, 0.1) is 5.92 Å². The Labute approximate surface area is 133 Å². The van der Waals surface area contributed by atoms with Crippen molar-refractivity contribution >= 4 is 11.7 Å². The molecule has 0 fully saturated rings. The summed E-state index contributed by atoms with van der Waals surface area (Å²) in [6.45, 7) is 8.49. The Hall–Kier alpha value is -1.71. The molecule has 1 aliphatic rings. The van der Waals surface area contributed by atoms with Crippen LogP contribution in [0.4, 0.5) is 5.69 Å². The number of fused-ring (bicyclic) bond motifs is 1. The Kier molecular flexibility index (Phi) is 5.69. The fourth-order valence-corrected chi connectivity index (χ4v) is 2.77. The number of aryl methyl sites for hydroxylation is 1. The number of hydrogen-bond donors (Lipinski definition) is 0. The summed E-state index contributed by atoms with van der Waals surface area (Å²) in [4.78, 5) is 13.6. The second kappa shape index (κ2) is 7.52. The van der Waals surface area contributed by atoms with Gasteiger partial charge in [-0.1, -0.05) is 19.9 Å². The molecule has 1 heterocycles. The molecule has 0 saturated carbocycles. The Balaban J connectivity index is 2.08. The third-order valence-corrected chi connectivity index (χ3v) is 4.24. The Morgan fingerprint density at radius 3 is 2.86 bits per heavy atom. The lowest BCUT2D eigenvalue weighted by molar-refractivity contribution is -0.140. The highest BCUT2D eigenvalue weighted by Crippen LogP contribution is 2.35. The van der Waals surface area contributed by atoms with E-state index in [0.29, 0.717) is 12.3 Å². The van der Waals surface area contributed by atoms with Crippen LogP contribution in [0.3, 0.4) is 0 Å². The quantitative estimate of drug-likeness (QED) is 0.755. The minimum atomic E-state index is -0.142. The van der Waals surface area contributed by atoms with Gasteiger partial charge in [0.1, 0.15) is 11.9 Å². The molecule has 0 amide bonds. The lowest BCUT2D eigenvalue weighted by Crippen LogP contribution is -2.42. The number of benzene rings is 1. The number of ether oxygens (including phenoxy) is 2. The van der Waals surface area contributed by atoms with Crippen LogP contribution >= 0.6 is 0 Å². The summed E-state index contributed by atoms with van der Waals surface area (Å²) >= 11 is 0. The molecule has 0 spiro atoms. The monoisotopic (exact) mass is 305 g/mol. The fraction of sp³-hybridized carbons (Fsp3) is 0.611. The Bertz CT molecular complexity index is 513. The van der Waals surface area contributed by atoms with Crippen LogP contribution in [0.15, 0.2) is 18.2 Å². The highest BCUT2D eigenvalue weighted by Gasteiger charge is 2.27. The lowest BCUT2D eigenvalue weighted by atomic mass is 10.0. The van der Waals surface area contributed by atoms with Crippen LogP contribution in [-0.4, -0.2) is 32.3 Å². The van der Waals surface area contributed by atoms with Crippen molar-refractivity contribution in [3.05, 3.63) is 23.8 Å². The Morgan fingerprint density at radius 2 is 2.23 bits per heavy atom. The normalized spacial score (nSPS) is 17.1. The van der Waals surface area contributed by atoms with E-state index in [1.165, 1.54) is 18.4 Å². The van der Waals surface area contributed by atoms with E-state index < -0.39 is 0 Å². The molecule has 1 aromatic carbocycles. The molecule has 1 atom stereocenters. The van der Waals surface area contributed by atoms with Crippen molar-refractivity contribution in [1.82, 2.24) is 0 Å². The highest BCUT2D eigenvalue weighted by molar-refractivity contribution is 5.69. The summed E-state index contributed by atoms with van der Waals surface area (Å²) in [6.07, 6.45) is 2.41. The number of carbonyl (C=O) groups excluding carboxylic acids is 1. The molecule has 22 heavy (non-hydrogen) atoms. The van der Waals surface area contributed by atoms with Crippen molar-refractivity contribution in [3.63, 3.8) is 0 Å². The minimum absolute atomic E-state index is 0.142. The van der Waals surface area contributed by atoms with E-state index in [1.54, 1.807) is 0 Å². The standard InChI is InChI=1S/C18H27NO3/c1-5-19-12-17(13(2)3)22-16-10-9-14(11-15(16)19)7-6-8-18(20)21-4/h9-11,13,17H,5-8,12H2,1-4H3. The van der Waals surface area contributed by atoms with Crippen molar-refractivity contribution in [2.75, 3.05) is 25.1 Å². The number of anilines is 1. The maximum absolute atomic E-state index is 11.2. The molecule has 0 N–H and O–H groups in total. The van der Waals surface area contributed by atoms with Gasteiger partial charge in [0.25, 0.3) is 0 Å². The third-order valence-electron chi connectivity index (χ3n) is 4.24. The molecule has 0 saturated heterocycles. The molecular formula is C18H27NO3. The molecular weight excluding hydrogens is 278 g/mol. The summed E-state index contributed by atoms with van der Waals surface area (Å²) in [5.74, 6) is 1.33. The molecule has 0 aliphatic carbocycles. The topological polar surface area (TPSA) is 38.8 Å². The molecule has 0 radical (unpaired) electrons. The van der Waals surface area contributed by atoms with E-state index in [9.17, 15) is 4.79 Å². The first-order valence-corrected chi connectivity index (χ1v) is 8.16. The van der Waals surface area contributed by atoms with E-state index >= 15 is 0 Å². The third kappa shape index (κ3) is 3.93. The average Bonchev–Trinajstić information content (AvgIpc) is 2.53. The average molecular weight is 305 g/mol. The first-order chi connectivity index (χ1) is 10.5. The molecule has 0 bridgehead atoms. The molecule has 0 aromatic heterocycles. The van der Waals surface area contributed by atoms with Crippen LogP contribution in [0.5, 0.6) is 5.75 Å². The van der Waals surface area contributed by atoms with Crippen molar-refractivity contribution in [2.24, 2.45) is 5.92 Å². The predicted octanol–water partition coefficient (Wildman–Crippen LogP) is 3.43. The summed E-state index contributed by atoms with van der Waals surface area (Å²) in [5, 5.41) is 0. The van der Waals surface area contributed by atoms with Gasteiger partial charge in [0.2, 0.25) is 0 Å². The number of nitrogens with zero attached hydrogens (tertiary/aromatic N) is 1. The Morgan fingerprint density at radius 1 is 1.45 bits per heavy atom. The lowest BCUT2D eigenvalue weighted by Gasteiger charge is -2.37. The predicted molar refractivity (Wildman–Crippen MR) is 88.5 cm³/mol. The number of esters is 1. The van der Waals surface area contributed by atoms with Gasteiger partial charge < -0.3 is 14.4 Å². The van der Waals surface area contributed by atoms with Gasteiger partial charge in [-0.05, 0) is 43.4 Å². The first kappa shape index (κ1) is 16.7. The van der Waals surface area contributed by atoms with Crippen LogP contribution in [0.25, 0.3) is 0 Å². The fourth-order valence-electron chi connectivity index (χ4n) is 2.77. The maximum atomic E-state index is 11.2. The summed E-state index contributed by atoms with van der Waals surface area (Å²) < 4.78 is 10.8. The smallest absolute Gasteiger partial charge is 0.305 e. The second-order valence-electron chi connectivity index (χ2n) is 6.17. The number of methoxy groups -OCH3 is 1. The molecule has 122 valence electrons. The first-order valence-electron chi connectivity index (χ1n) is 8.16. The number of likely N-dealkylation sites (N-methyl/N-ethyl adjacent to an activating group) is 1. The van der Waals surface area contributed by atoms with Crippen molar-refractivity contribution in [3.8, 4) is 5.75 Å². The van der Waals surface area contributed by atoms with E-state index in [-0.39, 0.29) is 12.1 Å². The van der Waals surface area contributed by atoms with Crippen LogP contribution in [0.2, 0.25) is 0 Å². The van der Waals surface area contributed by atoms with Gasteiger partial charge >= 0.3 is 5.97 Å². The summed E-state index contributed by atoms with van der Waals surface area (Å²) in [6, 6.07) is 6.37. The van der Waals surface area contributed by atoms with Crippen molar-refractivity contribution in [1.29, 1.82) is 0 Å². The highest BCUT2D eigenvalue weighted by atomic mass is 16.5. The molecule has 1 aromatic rings. The van der Waals surface area contributed by atoms with Gasteiger partial charge in [0, 0.05) is 13.0 Å². The van der Waals surface area contributed by atoms with Gasteiger partial charge in [-0.25, -0.2) is 0 Å². The molecule has 4 nitrogen and oxygen atoms in total. The number of carbonyl (C=O) groups is 1.